The minimum Gasteiger partial charge on any atom is -0.497 e. The number of hydrazone groups is 1. The lowest BCUT2D eigenvalue weighted by molar-refractivity contribution is -0.121. The first-order valence-corrected chi connectivity index (χ1v) is 9.72. The van der Waals surface area contributed by atoms with E-state index >= 15 is 0 Å². The molecule has 4 nitrogen and oxygen atoms in total. The highest BCUT2D eigenvalue weighted by molar-refractivity contribution is 5.82. The molecule has 0 bridgehead atoms. The standard InChI is InChI=1S/C21H34N2O2/c1-3-4-5-6-7-8-9-10-11-12-13-21(24)23-22-18-19-14-16-20(25-2)17-15-19/h14-18H,3-13H2,1-2H3,(H,23,24). The number of nitrogens with zero attached hydrogens (tertiary/aromatic N) is 1. The van der Waals surface area contributed by atoms with Crippen molar-refractivity contribution in [1.29, 1.82) is 0 Å². The van der Waals surface area contributed by atoms with Crippen LogP contribution in [0.1, 0.15) is 83.1 Å². The van der Waals surface area contributed by atoms with Crippen LogP contribution < -0.4 is 10.2 Å². The summed E-state index contributed by atoms with van der Waals surface area (Å²) in [6.07, 6.45) is 14.9. The summed E-state index contributed by atoms with van der Waals surface area (Å²) < 4.78 is 5.10. The first-order valence-electron chi connectivity index (χ1n) is 9.72. The van der Waals surface area contributed by atoms with Crippen LogP contribution in [0.5, 0.6) is 5.75 Å². The number of rotatable bonds is 14. The van der Waals surface area contributed by atoms with E-state index in [4.69, 9.17) is 4.74 Å². The van der Waals surface area contributed by atoms with Crippen LogP contribution in [0.4, 0.5) is 0 Å². The Labute approximate surface area is 153 Å². The molecule has 0 fully saturated rings. The summed E-state index contributed by atoms with van der Waals surface area (Å²) in [5.74, 6) is 0.798. The smallest absolute Gasteiger partial charge is 0.240 e. The summed E-state index contributed by atoms with van der Waals surface area (Å²) in [6, 6.07) is 7.54. The van der Waals surface area contributed by atoms with Crippen LogP contribution in [-0.4, -0.2) is 19.2 Å². The van der Waals surface area contributed by atoms with Crippen LogP contribution >= 0.6 is 0 Å². The van der Waals surface area contributed by atoms with Gasteiger partial charge in [0.25, 0.3) is 0 Å². The molecule has 1 amide bonds. The van der Waals surface area contributed by atoms with Crippen molar-refractivity contribution < 1.29 is 9.53 Å². The van der Waals surface area contributed by atoms with Crippen molar-refractivity contribution in [3.05, 3.63) is 29.8 Å². The van der Waals surface area contributed by atoms with E-state index in [0.29, 0.717) is 6.42 Å². The summed E-state index contributed by atoms with van der Waals surface area (Å²) in [5.41, 5.74) is 3.52. The molecule has 25 heavy (non-hydrogen) atoms. The highest BCUT2D eigenvalue weighted by atomic mass is 16.5. The summed E-state index contributed by atoms with van der Waals surface area (Å²) in [5, 5.41) is 4.00. The molecule has 0 aliphatic heterocycles. The van der Waals surface area contributed by atoms with Crippen molar-refractivity contribution in [3.8, 4) is 5.75 Å². The van der Waals surface area contributed by atoms with Gasteiger partial charge < -0.3 is 4.74 Å². The van der Waals surface area contributed by atoms with Gasteiger partial charge in [0.15, 0.2) is 0 Å². The molecule has 1 aromatic rings. The van der Waals surface area contributed by atoms with Crippen molar-refractivity contribution in [2.45, 2.75) is 77.6 Å². The molecule has 0 unspecified atom stereocenters. The Hall–Kier alpha value is -1.84. The third-order valence-corrected chi connectivity index (χ3v) is 4.28. The third-order valence-electron chi connectivity index (χ3n) is 4.28. The number of unbranched alkanes of at least 4 members (excludes halogenated alkanes) is 9. The number of methoxy groups -OCH3 is 1. The van der Waals surface area contributed by atoms with E-state index in [2.05, 4.69) is 17.5 Å². The summed E-state index contributed by atoms with van der Waals surface area (Å²) >= 11 is 0. The molecule has 1 rings (SSSR count). The van der Waals surface area contributed by atoms with Gasteiger partial charge in [-0.25, -0.2) is 5.43 Å². The van der Waals surface area contributed by atoms with Gasteiger partial charge in [-0.3, -0.25) is 4.79 Å². The molecule has 0 radical (unpaired) electrons. The molecule has 140 valence electrons. The molecular weight excluding hydrogens is 312 g/mol. The Morgan fingerprint density at radius 2 is 1.52 bits per heavy atom. The molecule has 1 aromatic carbocycles. The van der Waals surface area contributed by atoms with Crippen LogP contribution in [0.2, 0.25) is 0 Å². The lowest BCUT2D eigenvalue weighted by Gasteiger charge is -2.02. The highest BCUT2D eigenvalue weighted by Crippen LogP contribution is 2.11. The molecule has 0 saturated heterocycles. The second kappa shape index (κ2) is 14.5. The number of carbonyl (C=O) groups is 1. The maximum Gasteiger partial charge on any atom is 0.240 e. The lowest BCUT2D eigenvalue weighted by Crippen LogP contribution is -2.16. The molecule has 1 N–H and O–H groups in total. The maximum atomic E-state index is 11.7. The summed E-state index contributed by atoms with van der Waals surface area (Å²) in [4.78, 5) is 11.7. The molecule has 0 atom stereocenters. The number of carbonyl (C=O) groups excluding carboxylic acids is 1. The van der Waals surface area contributed by atoms with Crippen LogP contribution in [0.15, 0.2) is 29.4 Å². The normalized spacial score (nSPS) is 11.0. The Morgan fingerprint density at radius 1 is 0.960 bits per heavy atom. The molecule has 0 saturated carbocycles. The van der Waals surface area contributed by atoms with E-state index in [1.54, 1.807) is 13.3 Å². The van der Waals surface area contributed by atoms with Gasteiger partial charge >= 0.3 is 0 Å². The second-order valence-corrected chi connectivity index (χ2v) is 6.50. The molecule has 0 aliphatic rings. The van der Waals surface area contributed by atoms with Crippen LogP contribution in [0.25, 0.3) is 0 Å². The number of ether oxygens (including phenoxy) is 1. The summed E-state index contributed by atoms with van der Waals surface area (Å²) in [6.45, 7) is 2.25. The monoisotopic (exact) mass is 346 g/mol. The first kappa shape index (κ1) is 21.2. The Kier molecular flexibility index (Phi) is 12.3. The van der Waals surface area contributed by atoms with Gasteiger partial charge in [-0.15, -0.1) is 0 Å². The van der Waals surface area contributed by atoms with Crippen molar-refractivity contribution in [3.63, 3.8) is 0 Å². The first-order chi connectivity index (χ1) is 12.3. The number of benzene rings is 1. The van der Waals surface area contributed by atoms with E-state index in [1.165, 1.54) is 51.4 Å². The van der Waals surface area contributed by atoms with Crippen molar-refractivity contribution >= 4 is 12.1 Å². The zero-order valence-electron chi connectivity index (χ0n) is 15.9. The third kappa shape index (κ3) is 11.4. The van der Waals surface area contributed by atoms with Gasteiger partial charge in [-0.2, -0.15) is 5.10 Å². The van der Waals surface area contributed by atoms with Crippen LogP contribution in [-0.2, 0) is 4.79 Å². The van der Waals surface area contributed by atoms with Crippen LogP contribution in [0, 0.1) is 0 Å². The van der Waals surface area contributed by atoms with Crippen LogP contribution in [0.3, 0.4) is 0 Å². The minimum absolute atomic E-state index is 0.00988. The van der Waals surface area contributed by atoms with Gasteiger partial charge in [0.2, 0.25) is 5.91 Å². The fourth-order valence-corrected chi connectivity index (χ4v) is 2.70. The van der Waals surface area contributed by atoms with E-state index in [1.807, 2.05) is 24.3 Å². The van der Waals surface area contributed by atoms with Crippen molar-refractivity contribution in [2.24, 2.45) is 5.10 Å². The van der Waals surface area contributed by atoms with Gasteiger partial charge in [0, 0.05) is 6.42 Å². The Morgan fingerprint density at radius 3 is 2.08 bits per heavy atom. The van der Waals surface area contributed by atoms with Gasteiger partial charge in [-0.1, -0.05) is 64.7 Å². The maximum absolute atomic E-state index is 11.7. The molecule has 0 aliphatic carbocycles. The highest BCUT2D eigenvalue weighted by Gasteiger charge is 1.99. The van der Waals surface area contributed by atoms with Gasteiger partial charge in [-0.05, 0) is 36.2 Å². The second-order valence-electron chi connectivity index (χ2n) is 6.50. The molecule has 0 spiro atoms. The van der Waals surface area contributed by atoms with E-state index in [9.17, 15) is 4.79 Å². The number of amides is 1. The molecule has 0 heterocycles. The molecular formula is C21H34N2O2. The number of hydrogen-bond acceptors (Lipinski definition) is 3. The quantitative estimate of drug-likeness (QED) is 0.276. The zero-order valence-corrected chi connectivity index (χ0v) is 15.9. The van der Waals surface area contributed by atoms with E-state index < -0.39 is 0 Å². The van der Waals surface area contributed by atoms with E-state index in [-0.39, 0.29) is 5.91 Å². The zero-order chi connectivity index (χ0) is 18.2. The predicted molar refractivity (Wildman–Crippen MR) is 105 cm³/mol. The predicted octanol–water partition coefficient (Wildman–Crippen LogP) is 5.46. The van der Waals surface area contributed by atoms with Gasteiger partial charge in [0.05, 0.1) is 13.3 Å². The molecule has 0 aromatic heterocycles. The van der Waals surface area contributed by atoms with E-state index in [0.717, 1.165) is 24.2 Å². The van der Waals surface area contributed by atoms with Crippen molar-refractivity contribution in [2.75, 3.05) is 7.11 Å². The topological polar surface area (TPSA) is 50.7 Å². The summed E-state index contributed by atoms with van der Waals surface area (Å²) in [7, 11) is 1.64. The largest absolute Gasteiger partial charge is 0.497 e. The average Bonchev–Trinajstić information content (AvgIpc) is 2.64. The Bertz CT molecular complexity index is 483. The minimum atomic E-state index is -0.00988. The molecule has 4 heteroatoms. The van der Waals surface area contributed by atoms with Crippen molar-refractivity contribution in [1.82, 2.24) is 5.43 Å². The average molecular weight is 347 g/mol. The SMILES string of the molecule is CCCCCCCCCCCCC(=O)NN=Cc1ccc(OC)cc1. The Balaban J connectivity index is 1.98. The van der Waals surface area contributed by atoms with Gasteiger partial charge in [0.1, 0.15) is 5.75 Å². The number of nitrogens with one attached hydrogen (secondary N) is 1. The lowest BCUT2D eigenvalue weighted by atomic mass is 10.1. The fraction of sp³-hybridized carbons (Fsp3) is 0.619. The fourth-order valence-electron chi connectivity index (χ4n) is 2.70. The number of hydrogen-bond donors (Lipinski definition) is 1.